The van der Waals surface area contributed by atoms with Crippen molar-refractivity contribution in [1.82, 2.24) is 5.32 Å². The van der Waals surface area contributed by atoms with E-state index in [9.17, 15) is 5.11 Å². The highest BCUT2D eigenvalue weighted by Crippen LogP contribution is 2.19. The lowest BCUT2D eigenvalue weighted by atomic mass is 10.2. The Morgan fingerprint density at radius 3 is 2.60 bits per heavy atom. The van der Waals surface area contributed by atoms with E-state index in [2.05, 4.69) is 6.58 Å². The van der Waals surface area contributed by atoms with Gasteiger partial charge < -0.3 is 37.3 Å². The second-order valence-corrected chi connectivity index (χ2v) is 3.70. The van der Waals surface area contributed by atoms with Crippen molar-refractivity contribution in [3.05, 3.63) is 49.2 Å². The van der Waals surface area contributed by atoms with Crippen LogP contribution in [0.25, 0.3) is 10.9 Å². The smallest absolute Gasteiger partial charge is 0.254 e. The number of carboxylic acid groups (broad SMARTS) is 1. The summed E-state index contributed by atoms with van der Waals surface area (Å²) in [5.74, 6) is 0.310. The van der Waals surface area contributed by atoms with Gasteiger partial charge in [0.05, 0.1) is 5.39 Å². The molecular formula is C14H16BrN2O3-. The van der Waals surface area contributed by atoms with Crippen molar-refractivity contribution in [1.29, 1.82) is 0 Å². The molecule has 2 rings (SSSR count). The summed E-state index contributed by atoms with van der Waals surface area (Å²) in [5, 5.41) is 21.7. The first-order valence-corrected chi connectivity index (χ1v) is 5.70. The molecule has 0 unspecified atom stereocenters. The summed E-state index contributed by atoms with van der Waals surface area (Å²) in [4.78, 5) is 9.15. The first-order valence-electron chi connectivity index (χ1n) is 5.70. The molecule has 0 saturated carbocycles. The Hall–Kier alpha value is -2.08. The Morgan fingerprint density at radius 2 is 2.05 bits per heavy atom. The lowest BCUT2D eigenvalue weighted by Crippen LogP contribution is -3.00. The fraction of sp³-hybridized carbons (Fsp3) is 0.143. The number of allylic oxidation sites excluding steroid dienone is 1. The standard InChI is InChI=1S/C12H11NO.C2H5NO2.BrH/c1-2-8-13-9-4-6-10-5-3-7-11(14)12(10)13;1-3-2(4)5;/h2-7,9H,1,8H2;3H,1H3,(H,4,5);1H/p-1. The van der Waals surface area contributed by atoms with Crippen molar-refractivity contribution < 1.29 is 36.6 Å². The third kappa shape index (κ3) is 4.89. The van der Waals surface area contributed by atoms with Gasteiger partial charge in [-0.05, 0) is 24.3 Å². The first kappa shape index (κ1) is 17.9. The van der Waals surface area contributed by atoms with E-state index in [-0.39, 0.29) is 17.0 Å². The molecule has 1 heterocycles. The van der Waals surface area contributed by atoms with E-state index in [4.69, 9.17) is 9.90 Å². The Bertz CT molecular complexity index is 582. The van der Waals surface area contributed by atoms with E-state index in [1.165, 1.54) is 7.05 Å². The predicted molar refractivity (Wildman–Crippen MR) is 70.5 cm³/mol. The summed E-state index contributed by atoms with van der Waals surface area (Å²) in [5.41, 5.74) is 0.856. The lowest BCUT2D eigenvalue weighted by molar-refractivity contribution is -0.661. The van der Waals surface area contributed by atoms with E-state index in [0.717, 1.165) is 10.9 Å². The van der Waals surface area contributed by atoms with Crippen LogP contribution in [0.4, 0.5) is 4.79 Å². The molecule has 0 bridgehead atoms. The molecule has 1 aromatic heterocycles. The number of hydrogen-bond donors (Lipinski definition) is 2. The van der Waals surface area contributed by atoms with E-state index < -0.39 is 6.09 Å². The molecule has 2 N–H and O–H groups in total. The van der Waals surface area contributed by atoms with Gasteiger partial charge in [-0.25, -0.2) is 0 Å². The van der Waals surface area contributed by atoms with Crippen molar-refractivity contribution >= 4 is 17.0 Å². The summed E-state index contributed by atoms with van der Waals surface area (Å²) < 4.78 is 1.97. The molecule has 0 aliphatic carbocycles. The van der Waals surface area contributed by atoms with Gasteiger partial charge in [0.15, 0.2) is 18.5 Å². The largest absolute Gasteiger partial charge is 1.00 e. The molecule has 20 heavy (non-hydrogen) atoms. The molecule has 0 saturated heterocycles. The molecule has 0 aliphatic rings. The zero-order chi connectivity index (χ0) is 14.3. The average Bonchev–Trinajstić information content (AvgIpc) is 2.40. The molecule has 1 aromatic carbocycles. The Labute approximate surface area is 127 Å². The van der Waals surface area contributed by atoms with Gasteiger partial charge in [0.25, 0.3) is 5.52 Å². The molecule has 2 aromatic rings. The van der Waals surface area contributed by atoms with Crippen LogP contribution >= 0.6 is 0 Å². The van der Waals surface area contributed by atoms with E-state index in [1.807, 2.05) is 46.4 Å². The summed E-state index contributed by atoms with van der Waals surface area (Å²) >= 11 is 0. The number of rotatable bonds is 2. The van der Waals surface area contributed by atoms with Crippen LogP contribution in [-0.2, 0) is 6.54 Å². The normalized spacial score (nSPS) is 8.85. The minimum absolute atomic E-state index is 0. The Morgan fingerprint density at radius 1 is 1.45 bits per heavy atom. The van der Waals surface area contributed by atoms with Gasteiger partial charge in [-0.2, -0.15) is 4.57 Å². The third-order valence-corrected chi connectivity index (χ3v) is 2.40. The molecule has 0 fully saturated rings. The van der Waals surface area contributed by atoms with E-state index in [1.54, 1.807) is 6.07 Å². The zero-order valence-corrected chi connectivity index (χ0v) is 12.6. The highest BCUT2D eigenvalue weighted by atomic mass is 79.9. The number of aromatic hydroxyl groups is 1. The van der Waals surface area contributed by atoms with Crippen LogP contribution in [0.1, 0.15) is 0 Å². The summed E-state index contributed by atoms with van der Waals surface area (Å²) in [6.45, 7) is 4.39. The number of aromatic nitrogens is 1. The second kappa shape index (κ2) is 8.92. The highest BCUT2D eigenvalue weighted by Gasteiger charge is 2.10. The van der Waals surface area contributed by atoms with Gasteiger partial charge >= 0.3 is 0 Å². The number of benzene rings is 1. The topological polar surface area (TPSA) is 76.3 Å². The number of phenols is 1. The van der Waals surface area contributed by atoms with Crippen LogP contribution in [0.15, 0.2) is 49.2 Å². The van der Waals surface area contributed by atoms with Crippen molar-refractivity contribution in [2.24, 2.45) is 0 Å². The predicted octanol–water partition coefficient (Wildman–Crippen LogP) is -2.43. The van der Waals surface area contributed by atoms with Gasteiger partial charge in [-0.1, -0.05) is 12.6 Å². The SMILES string of the molecule is C=CC[n+]1cccc2cccc(O)c21.CNC(=O)[O-].[Br-]. The number of hydrogen-bond acceptors (Lipinski definition) is 3. The van der Waals surface area contributed by atoms with Gasteiger partial charge in [-0.15, -0.1) is 0 Å². The average molecular weight is 340 g/mol. The lowest BCUT2D eigenvalue weighted by Gasteiger charge is -1.99. The van der Waals surface area contributed by atoms with Crippen molar-refractivity contribution in [2.45, 2.75) is 6.54 Å². The second-order valence-electron chi connectivity index (χ2n) is 3.70. The molecular weight excluding hydrogens is 324 g/mol. The van der Waals surface area contributed by atoms with Crippen molar-refractivity contribution in [3.8, 4) is 5.75 Å². The third-order valence-electron chi connectivity index (χ3n) is 2.40. The van der Waals surface area contributed by atoms with Gasteiger partial charge in [0, 0.05) is 13.1 Å². The maximum absolute atomic E-state index is 9.72. The summed E-state index contributed by atoms with van der Waals surface area (Å²) in [6.07, 6.45) is 2.50. The minimum atomic E-state index is -1.25. The number of nitrogens with zero attached hydrogens (tertiary/aromatic N) is 1. The van der Waals surface area contributed by atoms with Crippen LogP contribution in [-0.4, -0.2) is 18.2 Å². The Balaban J connectivity index is 0.000000526. The number of nitrogens with one attached hydrogen (secondary N) is 1. The maximum Gasteiger partial charge on any atom is 0.254 e. The van der Waals surface area contributed by atoms with Crippen LogP contribution < -0.4 is 32.0 Å². The van der Waals surface area contributed by atoms with Crippen LogP contribution in [0.2, 0.25) is 0 Å². The minimum Gasteiger partial charge on any atom is -1.00 e. The van der Waals surface area contributed by atoms with E-state index in [0.29, 0.717) is 12.3 Å². The molecule has 0 atom stereocenters. The quantitative estimate of drug-likeness (QED) is 0.472. The molecule has 0 radical (unpaired) electrons. The molecule has 0 spiro atoms. The Kier molecular flexibility index (Phi) is 8.00. The summed E-state index contributed by atoms with van der Waals surface area (Å²) in [6, 6.07) is 9.46. The number of pyridine rings is 1. The fourth-order valence-corrected chi connectivity index (χ4v) is 1.61. The maximum atomic E-state index is 9.72. The van der Waals surface area contributed by atoms with E-state index >= 15 is 0 Å². The van der Waals surface area contributed by atoms with Gasteiger partial charge in [0.2, 0.25) is 0 Å². The number of para-hydroxylation sites is 1. The van der Waals surface area contributed by atoms with Crippen LogP contribution in [0, 0.1) is 0 Å². The molecule has 108 valence electrons. The number of amides is 1. The number of halogens is 1. The van der Waals surface area contributed by atoms with Gasteiger partial charge in [0.1, 0.15) is 6.09 Å². The van der Waals surface area contributed by atoms with Crippen molar-refractivity contribution in [2.75, 3.05) is 7.05 Å². The molecule has 6 heteroatoms. The fourth-order valence-electron chi connectivity index (χ4n) is 1.61. The van der Waals surface area contributed by atoms with Crippen molar-refractivity contribution in [3.63, 3.8) is 0 Å². The molecule has 0 aliphatic heterocycles. The first-order chi connectivity index (χ1) is 9.10. The summed E-state index contributed by atoms with van der Waals surface area (Å²) in [7, 11) is 1.29. The molecule has 1 amide bonds. The van der Waals surface area contributed by atoms with Crippen LogP contribution in [0.5, 0.6) is 5.75 Å². The number of phenolic OH excluding ortho intramolecular Hbond substituents is 1. The molecule has 5 nitrogen and oxygen atoms in total. The van der Waals surface area contributed by atoms with Gasteiger partial charge in [-0.3, -0.25) is 0 Å². The monoisotopic (exact) mass is 339 g/mol. The number of carbonyl (C=O) groups excluding carboxylic acids is 1. The number of carbonyl (C=O) groups is 1. The number of fused-ring (bicyclic) bond motifs is 1. The van der Waals surface area contributed by atoms with Crippen LogP contribution in [0.3, 0.4) is 0 Å². The highest BCUT2D eigenvalue weighted by molar-refractivity contribution is 5.80. The zero-order valence-electron chi connectivity index (χ0n) is 11.0.